The number of halogens is 1. The van der Waals surface area contributed by atoms with Gasteiger partial charge in [-0.05, 0) is 55.5 Å². The molecule has 1 aromatic carbocycles. The zero-order valence-electron chi connectivity index (χ0n) is 16.0. The summed E-state index contributed by atoms with van der Waals surface area (Å²) in [4.78, 5) is 28.0. The number of amides is 1. The van der Waals surface area contributed by atoms with Crippen LogP contribution >= 0.6 is 22.9 Å². The van der Waals surface area contributed by atoms with E-state index in [-0.39, 0.29) is 21.9 Å². The molecular weight excluding hydrogens is 398 g/mol. The third-order valence-electron chi connectivity index (χ3n) is 4.66. The van der Waals surface area contributed by atoms with E-state index in [0.29, 0.717) is 25.3 Å². The topological polar surface area (TPSA) is 66.8 Å². The smallest absolute Gasteiger partial charge is 0.295 e. The monoisotopic (exact) mass is 419 g/mol. The molecule has 28 heavy (non-hydrogen) atoms. The molecule has 0 aliphatic carbocycles. The van der Waals surface area contributed by atoms with Gasteiger partial charge < -0.3 is 14.7 Å². The van der Waals surface area contributed by atoms with Crippen LogP contribution in [0.5, 0.6) is 5.75 Å². The number of nitrogens with zero attached hydrogens (tertiary/aromatic N) is 1. The molecule has 148 valence electrons. The molecule has 1 fully saturated rings. The first-order valence-corrected chi connectivity index (χ1v) is 10.4. The van der Waals surface area contributed by atoms with Gasteiger partial charge in [0.2, 0.25) is 0 Å². The summed E-state index contributed by atoms with van der Waals surface area (Å²) in [6.07, 6.45) is 0.703. The number of aliphatic hydroxyl groups is 1. The van der Waals surface area contributed by atoms with Gasteiger partial charge in [0.15, 0.2) is 0 Å². The lowest BCUT2D eigenvalue weighted by atomic mass is 9.98. The van der Waals surface area contributed by atoms with Gasteiger partial charge in [0.1, 0.15) is 11.5 Å². The molecule has 1 unspecified atom stereocenters. The van der Waals surface area contributed by atoms with E-state index in [1.54, 1.807) is 18.2 Å². The van der Waals surface area contributed by atoms with Gasteiger partial charge in [-0.1, -0.05) is 18.5 Å². The maximum atomic E-state index is 12.9. The fourth-order valence-corrected chi connectivity index (χ4v) is 4.63. The van der Waals surface area contributed by atoms with Crippen molar-refractivity contribution < 1.29 is 19.4 Å². The van der Waals surface area contributed by atoms with E-state index in [4.69, 9.17) is 16.3 Å². The van der Waals surface area contributed by atoms with E-state index in [1.165, 1.54) is 16.2 Å². The minimum Gasteiger partial charge on any atom is -0.507 e. The van der Waals surface area contributed by atoms with Gasteiger partial charge in [-0.25, -0.2) is 0 Å². The summed E-state index contributed by atoms with van der Waals surface area (Å²) in [5.74, 6) is -1.04. The number of ketones is 1. The van der Waals surface area contributed by atoms with E-state index >= 15 is 0 Å². The maximum Gasteiger partial charge on any atom is 0.295 e. The van der Waals surface area contributed by atoms with Crippen molar-refractivity contribution in [3.63, 3.8) is 0 Å². The number of ether oxygens (including phenoxy) is 1. The van der Waals surface area contributed by atoms with E-state index in [1.807, 2.05) is 32.2 Å². The number of hydrogen-bond donors (Lipinski definition) is 1. The second-order valence-corrected chi connectivity index (χ2v) is 7.89. The number of benzene rings is 1. The second-order valence-electron chi connectivity index (χ2n) is 6.54. The molecule has 2 heterocycles. The van der Waals surface area contributed by atoms with Gasteiger partial charge in [0.05, 0.1) is 23.2 Å². The Morgan fingerprint density at radius 1 is 1.29 bits per heavy atom. The number of carbonyl (C=O) groups is 2. The molecule has 7 heteroatoms. The number of rotatable bonds is 6. The van der Waals surface area contributed by atoms with Gasteiger partial charge in [0, 0.05) is 17.0 Å². The predicted octanol–water partition coefficient (Wildman–Crippen LogP) is 4.94. The normalized spacial score (nSPS) is 18.7. The Labute approximate surface area is 173 Å². The van der Waals surface area contributed by atoms with Crippen molar-refractivity contribution in [2.75, 3.05) is 13.2 Å². The molecule has 1 saturated heterocycles. The fourth-order valence-electron chi connectivity index (χ4n) is 3.38. The molecule has 1 aliphatic heterocycles. The highest BCUT2D eigenvalue weighted by atomic mass is 35.5. The number of aryl methyl sites for hydroxylation is 1. The van der Waals surface area contributed by atoms with Crippen LogP contribution in [-0.2, 0) is 9.59 Å². The molecule has 1 amide bonds. The van der Waals surface area contributed by atoms with Crippen LogP contribution in [0.4, 0.5) is 0 Å². The van der Waals surface area contributed by atoms with Crippen LogP contribution in [0.25, 0.3) is 5.76 Å². The molecule has 0 spiro atoms. The Morgan fingerprint density at radius 2 is 2.04 bits per heavy atom. The van der Waals surface area contributed by atoms with Crippen LogP contribution in [0.2, 0.25) is 5.02 Å². The summed E-state index contributed by atoms with van der Waals surface area (Å²) in [5.41, 5.74) is 1.32. The zero-order valence-corrected chi connectivity index (χ0v) is 17.6. The zero-order chi connectivity index (χ0) is 20.4. The number of Topliss-reactive ketones (excluding diaryl/α,β-unsaturated/α-hetero) is 1. The van der Waals surface area contributed by atoms with Crippen molar-refractivity contribution in [2.24, 2.45) is 0 Å². The molecule has 1 atom stereocenters. The van der Waals surface area contributed by atoms with Crippen molar-refractivity contribution in [3.05, 3.63) is 56.2 Å². The molecule has 0 saturated carbocycles. The third kappa shape index (κ3) is 3.54. The van der Waals surface area contributed by atoms with E-state index < -0.39 is 17.7 Å². The highest BCUT2D eigenvalue weighted by Crippen LogP contribution is 2.43. The lowest BCUT2D eigenvalue weighted by Gasteiger charge is -2.24. The lowest BCUT2D eigenvalue weighted by molar-refractivity contribution is -0.139. The van der Waals surface area contributed by atoms with Crippen molar-refractivity contribution in [1.82, 2.24) is 4.90 Å². The molecule has 0 bridgehead atoms. The molecule has 1 aliphatic rings. The molecule has 0 radical (unpaired) electrons. The van der Waals surface area contributed by atoms with Gasteiger partial charge in [-0.2, -0.15) is 0 Å². The molecule has 1 N–H and O–H groups in total. The van der Waals surface area contributed by atoms with Crippen molar-refractivity contribution in [2.45, 2.75) is 33.2 Å². The van der Waals surface area contributed by atoms with Gasteiger partial charge in [-0.3, -0.25) is 9.59 Å². The third-order valence-corrected chi connectivity index (χ3v) is 6.06. The average Bonchev–Trinajstić information content (AvgIpc) is 3.19. The Kier molecular flexibility index (Phi) is 6.10. The Morgan fingerprint density at radius 3 is 2.64 bits per heavy atom. The summed E-state index contributed by atoms with van der Waals surface area (Å²) in [5, 5.41) is 13.3. The van der Waals surface area contributed by atoms with E-state index in [9.17, 15) is 14.7 Å². The van der Waals surface area contributed by atoms with Crippen molar-refractivity contribution in [1.29, 1.82) is 0 Å². The van der Waals surface area contributed by atoms with E-state index in [0.717, 1.165) is 10.4 Å². The van der Waals surface area contributed by atoms with Gasteiger partial charge >= 0.3 is 0 Å². The first kappa shape index (κ1) is 20.4. The van der Waals surface area contributed by atoms with Crippen LogP contribution < -0.4 is 4.74 Å². The Balaban J connectivity index is 2.21. The standard InChI is InChI=1S/C21H22ClNO4S/c1-4-9-23-17(20-12(3)8-10-28-20)16(19(25)21(23)26)18(24)14-11-13(27-5-2)6-7-15(14)22/h6-8,10-11,17,24H,4-5,9H2,1-3H3/b18-16+. The quantitative estimate of drug-likeness (QED) is 0.409. The molecular formula is C21H22ClNO4S. The minimum atomic E-state index is -0.693. The molecule has 1 aromatic heterocycles. The number of carbonyl (C=O) groups excluding carboxylic acids is 2. The highest BCUT2D eigenvalue weighted by molar-refractivity contribution is 7.10. The van der Waals surface area contributed by atoms with Gasteiger partial charge in [0.25, 0.3) is 11.7 Å². The summed E-state index contributed by atoms with van der Waals surface area (Å²) in [6.45, 7) is 6.61. The summed E-state index contributed by atoms with van der Waals surface area (Å²) in [6, 6.07) is 6.21. The largest absolute Gasteiger partial charge is 0.507 e. The molecule has 3 rings (SSSR count). The second kappa shape index (κ2) is 8.37. The van der Waals surface area contributed by atoms with E-state index in [2.05, 4.69) is 0 Å². The fraction of sp³-hybridized carbons (Fsp3) is 0.333. The summed E-state index contributed by atoms with van der Waals surface area (Å²) >= 11 is 7.76. The summed E-state index contributed by atoms with van der Waals surface area (Å²) < 4.78 is 5.49. The SMILES string of the molecule is CCCN1C(=O)C(=O)/C(=C(/O)c2cc(OCC)ccc2Cl)C1c1sccc1C. The van der Waals surface area contributed by atoms with Crippen LogP contribution in [0.3, 0.4) is 0 Å². The first-order chi connectivity index (χ1) is 13.4. The lowest BCUT2D eigenvalue weighted by Crippen LogP contribution is -2.30. The number of thiophene rings is 1. The first-order valence-electron chi connectivity index (χ1n) is 9.15. The summed E-state index contributed by atoms with van der Waals surface area (Å²) in [7, 11) is 0. The van der Waals surface area contributed by atoms with Crippen LogP contribution in [0.15, 0.2) is 35.2 Å². The van der Waals surface area contributed by atoms with Crippen molar-refractivity contribution >= 4 is 40.4 Å². The molecule has 2 aromatic rings. The number of hydrogen-bond acceptors (Lipinski definition) is 5. The van der Waals surface area contributed by atoms with Crippen LogP contribution in [0.1, 0.15) is 42.3 Å². The van der Waals surface area contributed by atoms with Crippen LogP contribution in [-0.4, -0.2) is 34.8 Å². The van der Waals surface area contributed by atoms with Crippen molar-refractivity contribution in [3.8, 4) is 5.75 Å². The Hall–Kier alpha value is -2.31. The highest BCUT2D eigenvalue weighted by Gasteiger charge is 2.46. The number of likely N-dealkylation sites (tertiary alicyclic amines) is 1. The van der Waals surface area contributed by atoms with Gasteiger partial charge in [-0.15, -0.1) is 11.3 Å². The number of aliphatic hydroxyl groups excluding tert-OH is 1. The molecule has 5 nitrogen and oxygen atoms in total. The maximum absolute atomic E-state index is 12.9. The van der Waals surface area contributed by atoms with Crippen LogP contribution in [0, 0.1) is 6.92 Å². The average molecular weight is 420 g/mol. The predicted molar refractivity (Wildman–Crippen MR) is 111 cm³/mol. The Bertz CT molecular complexity index is 950. The minimum absolute atomic E-state index is 0.0690.